The third-order valence-electron chi connectivity index (χ3n) is 4.48. The van der Waals surface area contributed by atoms with Crippen molar-refractivity contribution in [2.45, 2.75) is 32.2 Å². The SMILES string of the molecule is Cl.Nc1ccccc1CCC(=O)N(Cc1cccc(O)c1)CC1CC1. The van der Waals surface area contributed by atoms with Crippen LogP contribution in [0.1, 0.15) is 30.4 Å². The second kappa shape index (κ2) is 8.77. The molecule has 0 aliphatic heterocycles. The molecule has 0 heterocycles. The number of phenols is 1. The third kappa shape index (κ3) is 5.68. The number of rotatable bonds is 7. The molecule has 0 radical (unpaired) electrons. The number of anilines is 1. The Morgan fingerprint density at radius 1 is 1.16 bits per heavy atom. The number of para-hydroxylation sites is 1. The van der Waals surface area contributed by atoms with E-state index in [1.807, 2.05) is 41.3 Å². The standard InChI is InChI=1S/C20H24N2O2.ClH/c21-19-7-2-1-5-17(19)10-11-20(24)22(13-15-8-9-15)14-16-4-3-6-18(23)12-16;/h1-7,12,15,23H,8-11,13-14,21H2;1H. The van der Waals surface area contributed by atoms with Gasteiger partial charge in [-0.25, -0.2) is 0 Å². The van der Waals surface area contributed by atoms with Crippen LogP contribution in [0.15, 0.2) is 48.5 Å². The Kier molecular flexibility index (Phi) is 6.71. The van der Waals surface area contributed by atoms with Gasteiger partial charge < -0.3 is 15.7 Å². The van der Waals surface area contributed by atoms with E-state index >= 15 is 0 Å². The molecule has 0 bridgehead atoms. The molecule has 0 unspecified atom stereocenters. The highest BCUT2D eigenvalue weighted by Crippen LogP contribution is 2.30. The van der Waals surface area contributed by atoms with E-state index in [1.165, 1.54) is 12.8 Å². The molecule has 25 heavy (non-hydrogen) atoms. The first-order valence-corrected chi connectivity index (χ1v) is 8.51. The summed E-state index contributed by atoms with van der Waals surface area (Å²) in [7, 11) is 0. The van der Waals surface area contributed by atoms with Crippen LogP contribution < -0.4 is 5.73 Å². The Bertz CT molecular complexity index is 716. The van der Waals surface area contributed by atoms with Crippen LogP contribution in [0.5, 0.6) is 5.75 Å². The number of nitrogens with zero attached hydrogens (tertiary/aromatic N) is 1. The first-order chi connectivity index (χ1) is 11.6. The molecule has 4 nitrogen and oxygen atoms in total. The summed E-state index contributed by atoms with van der Waals surface area (Å²) in [6.45, 7) is 1.35. The Morgan fingerprint density at radius 3 is 2.60 bits per heavy atom. The van der Waals surface area contributed by atoms with E-state index in [0.29, 0.717) is 25.3 Å². The summed E-state index contributed by atoms with van der Waals surface area (Å²) in [5, 5.41) is 9.62. The number of hydrogen-bond donors (Lipinski definition) is 2. The van der Waals surface area contributed by atoms with Crippen molar-refractivity contribution in [2.75, 3.05) is 12.3 Å². The first kappa shape index (κ1) is 19.1. The van der Waals surface area contributed by atoms with Gasteiger partial charge in [0.2, 0.25) is 5.91 Å². The molecule has 3 N–H and O–H groups in total. The van der Waals surface area contributed by atoms with Gasteiger partial charge in [0.05, 0.1) is 0 Å². The van der Waals surface area contributed by atoms with Gasteiger partial charge in [-0.3, -0.25) is 4.79 Å². The monoisotopic (exact) mass is 360 g/mol. The van der Waals surface area contributed by atoms with Crippen LogP contribution in [0.3, 0.4) is 0 Å². The Morgan fingerprint density at radius 2 is 1.92 bits per heavy atom. The summed E-state index contributed by atoms with van der Waals surface area (Å²) >= 11 is 0. The molecule has 1 amide bonds. The van der Waals surface area contributed by atoms with Crippen molar-refractivity contribution in [1.29, 1.82) is 0 Å². The Hall–Kier alpha value is -2.20. The van der Waals surface area contributed by atoms with Crippen molar-refractivity contribution in [3.05, 3.63) is 59.7 Å². The average molecular weight is 361 g/mol. The summed E-state index contributed by atoms with van der Waals surface area (Å²) in [6.07, 6.45) is 3.53. The van der Waals surface area contributed by atoms with E-state index in [2.05, 4.69) is 0 Å². The average Bonchev–Trinajstić information content (AvgIpc) is 3.37. The van der Waals surface area contributed by atoms with Crippen LogP contribution in [0.25, 0.3) is 0 Å². The van der Waals surface area contributed by atoms with Gasteiger partial charge in [0.1, 0.15) is 5.75 Å². The lowest BCUT2D eigenvalue weighted by molar-refractivity contribution is -0.132. The van der Waals surface area contributed by atoms with Gasteiger partial charge in [0.15, 0.2) is 0 Å². The van der Waals surface area contributed by atoms with E-state index in [9.17, 15) is 9.90 Å². The molecule has 0 atom stereocenters. The minimum atomic E-state index is 0. The molecule has 0 spiro atoms. The van der Waals surface area contributed by atoms with Gasteiger partial charge in [0.25, 0.3) is 0 Å². The van der Waals surface area contributed by atoms with E-state index in [-0.39, 0.29) is 24.1 Å². The summed E-state index contributed by atoms with van der Waals surface area (Å²) in [5.74, 6) is 1.02. The fourth-order valence-corrected chi connectivity index (χ4v) is 2.90. The van der Waals surface area contributed by atoms with E-state index in [4.69, 9.17) is 5.73 Å². The largest absolute Gasteiger partial charge is 0.508 e. The van der Waals surface area contributed by atoms with Gasteiger partial charge >= 0.3 is 0 Å². The van der Waals surface area contributed by atoms with Gasteiger partial charge in [-0.2, -0.15) is 0 Å². The van der Waals surface area contributed by atoms with Crippen LogP contribution >= 0.6 is 12.4 Å². The van der Waals surface area contributed by atoms with Crippen molar-refractivity contribution < 1.29 is 9.90 Å². The fourth-order valence-electron chi connectivity index (χ4n) is 2.90. The maximum Gasteiger partial charge on any atom is 0.223 e. The number of amides is 1. The highest BCUT2D eigenvalue weighted by atomic mass is 35.5. The number of benzene rings is 2. The molecule has 1 saturated carbocycles. The number of nitrogen functional groups attached to an aromatic ring is 1. The molecule has 0 saturated heterocycles. The van der Waals surface area contributed by atoms with E-state index in [1.54, 1.807) is 12.1 Å². The second-order valence-corrected chi connectivity index (χ2v) is 6.59. The predicted molar refractivity (Wildman–Crippen MR) is 103 cm³/mol. The molecule has 3 rings (SSSR count). The van der Waals surface area contributed by atoms with Crippen molar-refractivity contribution in [3.8, 4) is 5.75 Å². The topological polar surface area (TPSA) is 66.6 Å². The summed E-state index contributed by atoms with van der Waals surface area (Å²) in [4.78, 5) is 14.6. The lowest BCUT2D eigenvalue weighted by Crippen LogP contribution is -2.32. The molecular weight excluding hydrogens is 336 g/mol. The van der Waals surface area contributed by atoms with Gasteiger partial charge in [-0.1, -0.05) is 30.3 Å². The molecule has 1 fully saturated rings. The number of phenolic OH excluding ortho intramolecular Hbond substituents is 1. The lowest BCUT2D eigenvalue weighted by atomic mass is 10.1. The molecule has 2 aromatic carbocycles. The third-order valence-corrected chi connectivity index (χ3v) is 4.48. The zero-order chi connectivity index (χ0) is 16.9. The molecule has 134 valence electrons. The number of aryl methyl sites for hydroxylation is 1. The zero-order valence-corrected chi connectivity index (χ0v) is 15.0. The Balaban J connectivity index is 0.00000225. The van der Waals surface area contributed by atoms with Crippen LogP contribution in [-0.2, 0) is 17.8 Å². The summed E-state index contributed by atoms with van der Waals surface area (Å²) in [6, 6.07) is 14.8. The van der Waals surface area contributed by atoms with E-state index in [0.717, 1.165) is 23.4 Å². The number of hydrogen-bond acceptors (Lipinski definition) is 3. The molecule has 1 aliphatic carbocycles. The van der Waals surface area contributed by atoms with Gasteiger partial charge in [0, 0.05) is 25.2 Å². The minimum Gasteiger partial charge on any atom is -0.508 e. The molecule has 2 aromatic rings. The van der Waals surface area contributed by atoms with Crippen molar-refractivity contribution in [2.24, 2.45) is 5.92 Å². The highest BCUT2D eigenvalue weighted by molar-refractivity contribution is 5.85. The van der Waals surface area contributed by atoms with E-state index < -0.39 is 0 Å². The Labute approximate surface area is 155 Å². The van der Waals surface area contributed by atoms with Crippen LogP contribution in [0.4, 0.5) is 5.69 Å². The number of halogens is 1. The maximum absolute atomic E-state index is 12.7. The number of nitrogens with two attached hydrogens (primary N) is 1. The number of aromatic hydroxyl groups is 1. The lowest BCUT2D eigenvalue weighted by Gasteiger charge is -2.23. The minimum absolute atomic E-state index is 0. The van der Waals surface area contributed by atoms with Crippen molar-refractivity contribution in [1.82, 2.24) is 4.90 Å². The van der Waals surface area contributed by atoms with Gasteiger partial charge in [-0.05, 0) is 54.5 Å². The fraction of sp³-hybridized carbons (Fsp3) is 0.350. The number of carbonyl (C=O) groups is 1. The zero-order valence-electron chi connectivity index (χ0n) is 14.2. The normalized spacial score (nSPS) is 13.1. The van der Waals surface area contributed by atoms with Crippen LogP contribution in [-0.4, -0.2) is 22.5 Å². The molecule has 5 heteroatoms. The molecule has 1 aliphatic rings. The smallest absolute Gasteiger partial charge is 0.223 e. The molecule has 0 aromatic heterocycles. The predicted octanol–water partition coefficient (Wildman–Crippen LogP) is 3.77. The maximum atomic E-state index is 12.7. The van der Waals surface area contributed by atoms with Crippen LogP contribution in [0, 0.1) is 5.92 Å². The molecular formula is C20H25ClN2O2. The van der Waals surface area contributed by atoms with Gasteiger partial charge in [-0.15, -0.1) is 12.4 Å². The number of carbonyl (C=O) groups excluding carboxylic acids is 1. The summed E-state index contributed by atoms with van der Waals surface area (Å²) in [5.41, 5.74) is 8.69. The summed E-state index contributed by atoms with van der Waals surface area (Å²) < 4.78 is 0. The van der Waals surface area contributed by atoms with Crippen molar-refractivity contribution >= 4 is 24.0 Å². The highest BCUT2D eigenvalue weighted by Gasteiger charge is 2.26. The van der Waals surface area contributed by atoms with Crippen LogP contribution in [0.2, 0.25) is 0 Å². The first-order valence-electron chi connectivity index (χ1n) is 8.51. The quantitative estimate of drug-likeness (QED) is 0.738. The second-order valence-electron chi connectivity index (χ2n) is 6.59. The van der Waals surface area contributed by atoms with Crippen molar-refractivity contribution in [3.63, 3.8) is 0 Å².